The number of rotatable bonds is 4. The van der Waals surface area contributed by atoms with Gasteiger partial charge in [-0.15, -0.1) is 0 Å². The van der Waals surface area contributed by atoms with Gasteiger partial charge >= 0.3 is 0 Å². The lowest BCUT2D eigenvalue weighted by atomic mass is 10.2. The first kappa shape index (κ1) is 12.2. The van der Waals surface area contributed by atoms with E-state index in [1.54, 1.807) is 0 Å². The minimum absolute atomic E-state index is 0.0754. The first-order valence-electron chi connectivity index (χ1n) is 3.81. The van der Waals surface area contributed by atoms with E-state index in [1.165, 1.54) is 0 Å². The van der Waals surface area contributed by atoms with E-state index in [2.05, 4.69) is 36.6 Å². The van der Waals surface area contributed by atoms with Crippen molar-refractivity contribution in [1.82, 2.24) is 4.72 Å². The normalized spacial score (nSPS) is 11.6. The Morgan fingerprint density at radius 1 is 1.36 bits per heavy atom. The minimum Gasteiger partial charge on any atom is -0.212 e. The van der Waals surface area contributed by atoms with Crippen LogP contribution in [0.25, 0.3) is 0 Å². The zero-order chi connectivity index (χ0) is 10.6. The van der Waals surface area contributed by atoms with E-state index in [0.29, 0.717) is 6.54 Å². The maximum atomic E-state index is 11.1. The van der Waals surface area contributed by atoms with Gasteiger partial charge in [0.1, 0.15) is 4.66 Å². The molecule has 0 amide bonds. The van der Waals surface area contributed by atoms with Gasteiger partial charge in [-0.25, -0.2) is 13.1 Å². The molecule has 0 bridgehead atoms. The highest BCUT2D eigenvalue weighted by atomic mass is 79.9. The molecule has 3 nitrogen and oxygen atoms in total. The van der Waals surface area contributed by atoms with Crippen molar-refractivity contribution < 1.29 is 8.42 Å². The molecular weight excluding hydrogens is 334 g/mol. The molecule has 0 heterocycles. The smallest absolute Gasteiger partial charge is 0.212 e. The molecule has 0 saturated heterocycles. The third-order valence-corrected chi connectivity index (χ3v) is 4.70. The number of sulfonamides is 1. The Morgan fingerprint density at radius 2 is 2.07 bits per heavy atom. The van der Waals surface area contributed by atoms with Crippen LogP contribution in [-0.4, -0.2) is 13.1 Å². The van der Waals surface area contributed by atoms with Gasteiger partial charge in [-0.05, 0) is 17.7 Å². The Balaban J connectivity index is 2.63. The lowest BCUT2D eigenvalue weighted by molar-refractivity contribution is 0.586. The average Bonchev–Trinajstić information content (AvgIpc) is 2.15. The Kier molecular flexibility index (Phi) is 4.56. The Hall–Kier alpha value is 0.0900. The van der Waals surface area contributed by atoms with Crippen molar-refractivity contribution >= 4 is 41.9 Å². The zero-order valence-corrected chi connectivity index (χ0v) is 11.2. The summed E-state index contributed by atoms with van der Waals surface area (Å²) in [5.41, 5.74) is 0.920. The number of halogens is 2. The summed E-state index contributed by atoms with van der Waals surface area (Å²) in [5, 5.41) is 0. The quantitative estimate of drug-likeness (QED) is 0.853. The highest BCUT2D eigenvalue weighted by Gasteiger charge is 2.06. The van der Waals surface area contributed by atoms with Gasteiger partial charge in [0.15, 0.2) is 0 Å². The van der Waals surface area contributed by atoms with Crippen LogP contribution in [0.5, 0.6) is 0 Å². The highest BCUT2D eigenvalue weighted by molar-refractivity contribution is 9.10. The summed E-state index contributed by atoms with van der Waals surface area (Å²) in [6.45, 7) is 0.313. The maximum Gasteiger partial charge on any atom is 0.221 e. The van der Waals surface area contributed by atoms with E-state index >= 15 is 0 Å². The van der Waals surface area contributed by atoms with Gasteiger partial charge in [-0.2, -0.15) is 0 Å². The van der Waals surface area contributed by atoms with Crippen LogP contribution >= 0.6 is 31.9 Å². The van der Waals surface area contributed by atoms with Gasteiger partial charge in [0.05, 0.1) is 0 Å². The molecule has 0 spiro atoms. The second-order valence-corrected chi connectivity index (χ2v) is 6.70. The molecule has 0 aliphatic heterocycles. The predicted molar refractivity (Wildman–Crippen MR) is 63.7 cm³/mol. The van der Waals surface area contributed by atoms with Gasteiger partial charge in [0.25, 0.3) is 0 Å². The van der Waals surface area contributed by atoms with Crippen molar-refractivity contribution in [3.05, 3.63) is 34.3 Å². The molecule has 0 aliphatic carbocycles. The van der Waals surface area contributed by atoms with Crippen LogP contribution in [-0.2, 0) is 16.6 Å². The molecule has 1 aromatic carbocycles. The molecule has 0 radical (unpaired) electrons. The third-order valence-electron chi connectivity index (χ3n) is 1.53. The fourth-order valence-electron chi connectivity index (χ4n) is 0.879. The predicted octanol–water partition coefficient (Wildman–Crippen LogP) is 2.22. The van der Waals surface area contributed by atoms with E-state index in [0.717, 1.165) is 10.0 Å². The van der Waals surface area contributed by atoms with Gasteiger partial charge in [0.2, 0.25) is 10.0 Å². The summed E-state index contributed by atoms with van der Waals surface area (Å²) in [7, 11) is -3.18. The monoisotopic (exact) mass is 341 g/mol. The first-order chi connectivity index (χ1) is 6.53. The molecule has 1 rings (SSSR count). The zero-order valence-electron chi connectivity index (χ0n) is 7.20. The molecule has 6 heteroatoms. The Labute approximate surface area is 100 Å². The van der Waals surface area contributed by atoms with Gasteiger partial charge < -0.3 is 0 Å². The van der Waals surface area contributed by atoms with Crippen LogP contribution in [0.3, 0.4) is 0 Å². The highest BCUT2D eigenvalue weighted by Crippen LogP contribution is 2.11. The maximum absolute atomic E-state index is 11.1. The van der Waals surface area contributed by atoms with Crippen LogP contribution in [0, 0.1) is 0 Å². The molecule has 1 N–H and O–H groups in total. The molecule has 0 saturated carbocycles. The van der Waals surface area contributed by atoms with Crippen molar-refractivity contribution in [2.75, 3.05) is 4.66 Å². The van der Waals surface area contributed by atoms with E-state index in [-0.39, 0.29) is 4.66 Å². The summed E-state index contributed by atoms with van der Waals surface area (Å²) in [5.74, 6) is 0. The van der Waals surface area contributed by atoms with E-state index in [9.17, 15) is 8.42 Å². The summed E-state index contributed by atoms with van der Waals surface area (Å²) >= 11 is 6.21. The lowest BCUT2D eigenvalue weighted by Crippen LogP contribution is -2.23. The molecule has 78 valence electrons. The van der Waals surface area contributed by atoms with Crippen LogP contribution in [0.4, 0.5) is 0 Å². The summed E-state index contributed by atoms with van der Waals surface area (Å²) in [4.78, 5) is 0. The number of nitrogens with one attached hydrogen (secondary N) is 1. The third kappa shape index (κ3) is 4.08. The Bertz CT molecular complexity index is 406. The summed E-state index contributed by atoms with van der Waals surface area (Å²) < 4.78 is 25.5. The first-order valence-corrected chi connectivity index (χ1v) is 7.38. The molecule has 0 aromatic heterocycles. The second kappa shape index (κ2) is 5.25. The summed E-state index contributed by atoms with van der Waals surface area (Å²) in [6, 6.07) is 7.49. The van der Waals surface area contributed by atoms with Crippen LogP contribution in [0.1, 0.15) is 5.56 Å². The second-order valence-electron chi connectivity index (χ2n) is 2.67. The van der Waals surface area contributed by atoms with Crippen molar-refractivity contribution in [2.24, 2.45) is 0 Å². The van der Waals surface area contributed by atoms with E-state index in [1.807, 2.05) is 24.3 Å². The molecular formula is C8H9Br2NO2S. The molecule has 0 aliphatic rings. The average molecular weight is 343 g/mol. The lowest BCUT2D eigenvalue weighted by Gasteiger charge is -2.03. The van der Waals surface area contributed by atoms with Gasteiger partial charge in [-0.3, -0.25) is 0 Å². The summed E-state index contributed by atoms with van der Waals surface area (Å²) in [6.07, 6.45) is 0. The molecule has 14 heavy (non-hydrogen) atoms. The largest absolute Gasteiger partial charge is 0.221 e. The topological polar surface area (TPSA) is 46.2 Å². The molecule has 0 fully saturated rings. The van der Waals surface area contributed by atoms with Crippen molar-refractivity contribution in [3.63, 3.8) is 0 Å². The fourth-order valence-corrected chi connectivity index (χ4v) is 2.27. The van der Waals surface area contributed by atoms with Crippen molar-refractivity contribution in [3.8, 4) is 0 Å². The van der Waals surface area contributed by atoms with Gasteiger partial charge in [-0.1, -0.05) is 44.0 Å². The van der Waals surface area contributed by atoms with E-state index in [4.69, 9.17) is 0 Å². The molecule has 1 aromatic rings. The Morgan fingerprint density at radius 3 is 2.64 bits per heavy atom. The van der Waals surface area contributed by atoms with Crippen LogP contribution in [0.15, 0.2) is 28.7 Å². The van der Waals surface area contributed by atoms with E-state index < -0.39 is 10.0 Å². The van der Waals surface area contributed by atoms with Crippen LogP contribution in [0.2, 0.25) is 0 Å². The molecule has 0 atom stereocenters. The number of benzene rings is 1. The molecule has 0 unspecified atom stereocenters. The standard InChI is InChI=1S/C8H9Br2NO2S/c9-6-14(12,13)11-5-7-2-1-3-8(10)4-7/h1-4,11H,5-6H2. The number of hydrogen-bond acceptors (Lipinski definition) is 2. The van der Waals surface area contributed by atoms with Gasteiger partial charge in [0, 0.05) is 11.0 Å². The van der Waals surface area contributed by atoms with Crippen LogP contribution < -0.4 is 4.72 Å². The van der Waals surface area contributed by atoms with Crippen molar-refractivity contribution in [2.45, 2.75) is 6.54 Å². The fraction of sp³-hybridized carbons (Fsp3) is 0.250. The minimum atomic E-state index is -3.18. The number of hydrogen-bond donors (Lipinski definition) is 1. The van der Waals surface area contributed by atoms with Crippen molar-refractivity contribution in [1.29, 1.82) is 0 Å². The number of alkyl halides is 1. The SMILES string of the molecule is O=S(=O)(CBr)NCc1cccc(Br)c1.